The van der Waals surface area contributed by atoms with Crippen molar-refractivity contribution in [2.45, 2.75) is 25.8 Å². The third-order valence-corrected chi connectivity index (χ3v) is 6.53. The quantitative estimate of drug-likeness (QED) is 0.252. The third kappa shape index (κ3) is 5.51. The van der Waals surface area contributed by atoms with E-state index in [1.165, 1.54) is 16.5 Å². The van der Waals surface area contributed by atoms with Crippen LogP contribution in [0.1, 0.15) is 24.0 Å². The van der Waals surface area contributed by atoms with Gasteiger partial charge in [-0.3, -0.25) is 9.78 Å². The number of thioether (sulfide) groups is 1. The van der Waals surface area contributed by atoms with E-state index < -0.39 is 0 Å². The Balaban J connectivity index is 1.29. The molecule has 2 aromatic carbocycles. The Hall–Kier alpha value is -3.25. The molecule has 0 atom stereocenters. The molecule has 1 amide bonds. The van der Waals surface area contributed by atoms with E-state index in [0.29, 0.717) is 18.7 Å². The molecule has 2 heterocycles. The second-order valence-electron chi connectivity index (χ2n) is 7.73. The summed E-state index contributed by atoms with van der Waals surface area (Å²) in [5, 5.41) is 1.30. The fraction of sp³-hybridized carbons (Fsp3) is 0.231. The van der Waals surface area contributed by atoms with Gasteiger partial charge in [-0.2, -0.15) is 11.8 Å². The molecule has 0 aliphatic heterocycles. The van der Waals surface area contributed by atoms with Gasteiger partial charge in [0.2, 0.25) is 5.91 Å². The molecule has 3 N–H and O–H groups in total. The number of aromatic amines is 1. The number of nitrogens with zero attached hydrogens (tertiary/aromatic N) is 2. The first-order valence-electron chi connectivity index (χ1n) is 10.9. The summed E-state index contributed by atoms with van der Waals surface area (Å²) >= 11 is 1.83. The molecule has 6 heteroatoms. The number of carbonyl (C=O) groups is 1. The lowest BCUT2D eigenvalue weighted by Crippen LogP contribution is -2.31. The molecular weight excluding hydrogens is 416 g/mol. The highest BCUT2D eigenvalue weighted by Crippen LogP contribution is 2.26. The van der Waals surface area contributed by atoms with Crippen molar-refractivity contribution < 1.29 is 4.79 Å². The molecule has 0 spiro atoms. The molecule has 0 radical (unpaired) electrons. The summed E-state index contributed by atoms with van der Waals surface area (Å²) in [4.78, 5) is 22.4. The molecule has 0 saturated heterocycles. The SMILES string of the molecule is Nc1ccccc1N(Cc1cccnc1)C(=O)CCSCCCc1c[nH]c2ccccc12. The van der Waals surface area contributed by atoms with E-state index in [0.717, 1.165) is 35.6 Å². The summed E-state index contributed by atoms with van der Waals surface area (Å²) in [5.74, 6) is 1.90. The Kier molecular flexibility index (Phi) is 7.46. The summed E-state index contributed by atoms with van der Waals surface area (Å²) in [6.45, 7) is 0.464. The van der Waals surface area contributed by atoms with E-state index in [1.54, 1.807) is 17.3 Å². The molecule has 5 nitrogen and oxygen atoms in total. The third-order valence-electron chi connectivity index (χ3n) is 5.46. The molecule has 0 bridgehead atoms. The highest BCUT2D eigenvalue weighted by atomic mass is 32.2. The van der Waals surface area contributed by atoms with Crippen LogP contribution in [0.3, 0.4) is 0 Å². The number of carbonyl (C=O) groups excluding carboxylic acids is 1. The monoisotopic (exact) mass is 444 g/mol. The van der Waals surface area contributed by atoms with Crippen LogP contribution in [0.2, 0.25) is 0 Å². The lowest BCUT2D eigenvalue weighted by Gasteiger charge is -2.24. The smallest absolute Gasteiger partial charge is 0.228 e. The first kappa shape index (κ1) is 22.0. The van der Waals surface area contributed by atoms with Crippen LogP contribution in [0.4, 0.5) is 11.4 Å². The topological polar surface area (TPSA) is 75.0 Å². The Labute approximate surface area is 193 Å². The standard InChI is InChI=1S/C26H28N4OS/c27-23-10-2-4-12-25(23)30(19-20-7-5-14-28-17-20)26(31)13-16-32-15-6-8-21-18-29-24-11-3-1-9-22(21)24/h1-5,7,9-12,14,17-18,29H,6,8,13,15-16,19,27H2. The van der Waals surface area contributed by atoms with E-state index in [-0.39, 0.29) is 5.91 Å². The summed E-state index contributed by atoms with van der Waals surface area (Å²) in [6, 6.07) is 19.8. The van der Waals surface area contributed by atoms with Crippen LogP contribution in [0, 0.1) is 0 Å². The molecule has 2 aromatic heterocycles. The minimum Gasteiger partial charge on any atom is -0.397 e. The van der Waals surface area contributed by atoms with Crippen molar-refractivity contribution in [2.75, 3.05) is 22.1 Å². The number of anilines is 2. The Morgan fingerprint density at radius 2 is 1.88 bits per heavy atom. The molecular formula is C26H28N4OS. The number of benzene rings is 2. The van der Waals surface area contributed by atoms with Crippen LogP contribution in [0.15, 0.2) is 79.3 Å². The number of para-hydroxylation sites is 3. The molecule has 0 aliphatic rings. The van der Waals surface area contributed by atoms with Gasteiger partial charge in [0, 0.05) is 41.7 Å². The molecule has 0 aliphatic carbocycles. The Morgan fingerprint density at radius 3 is 2.72 bits per heavy atom. The van der Waals surface area contributed by atoms with Crippen LogP contribution in [0.25, 0.3) is 10.9 Å². The first-order valence-corrected chi connectivity index (χ1v) is 12.0. The number of nitrogens with two attached hydrogens (primary N) is 1. The van der Waals surface area contributed by atoms with Gasteiger partial charge in [-0.25, -0.2) is 0 Å². The zero-order valence-corrected chi connectivity index (χ0v) is 18.9. The maximum absolute atomic E-state index is 13.1. The summed E-state index contributed by atoms with van der Waals surface area (Å²) < 4.78 is 0. The average Bonchev–Trinajstić information content (AvgIpc) is 3.24. The number of hydrogen-bond donors (Lipinski definition) is 2. The number of aromatic nitrogens is 2. The number of amides is 1. The molecule has 0 fully saturated rings. The van der Waals surface area contributed by atoms with Gasteiger partial charge in [-0.05, 0) is 54.0 Å². The second kappa shape index (κ2) is 10.9. The lowest BCUT2D eigenvalue weighted by atomic mass is 10.1. The van der Waals surface area contributed by atoms with Crippen molar-refractivity contribution >= 4 is 39.9 Å². The molecule has 4 rings (SSSR count). The number of nitrogens with one attached hydrogen (secondary N) is 1. The van der Waals surface area contributed by atoms with E-state index >= 15 is 0 Å². The predicted molar refractivity (Wildman–Crippen MR) is 135 cm³/mol. The van der Waals surface area contributed by atoms with Gasteiger partial charge in [-0.1, -0.05) is 36.4 Å². The van der Waals surface area contributed by atoms with Crippen molar-refractivity contribution in [1.29, 1.82) is 0 Å². The number of pyridine rings is 1. The van der Waals surface area contributed by atoms with Crippen LogP contribution in [-0.2, 0) is 17.8 Å². The van der Waals surface area contributed by atoms with Crippen LogP contribution < -0.4 is 10.6 Å². The first-order chi connectivity index (χ1) is 15.7. The molecule has 164 valence electrons. The van der Waals surface area contributed by atoms with Gasteiger partial charge >= 0.3 is 0 Å². The minimum absolute atomic E-state index is 0.0795. The fourth-order valence-corrected chi connectivity index (χ4v) is 4.69. The zero-order valence-electron chi connectivity index (χ0n) is 18.0. The largest absolute Gasteiger partial charge is 0.397 e. The van der Waals surface area contributed by atoms with Crippen molar-refractivity contribution in [1.82, 2.24) is 9.97 Å². The zero-order chi connectivity index (χ0) is 22.2. The van der Waals surface area contributed by atoms with Crippen molar-refractivity contribution in [3.63, 3.8) is 0 Å². The lowest BCUT2D eigenvalue weighted by molar-refractivity contribution is -0.118. The van der Waals surface area contributed by atoms with Crippen molar-refractivity contribution in [3.8, 4) is 0 Å². The minimum atomic E-state index is 0.0795. The molecule has 32 heavy (non-hydrogen) atoms. The fourth-order valence-electron chi connectivity index (χ4n) is 3.81. The highest BCUT2D eigenvalue weighted by Gasteiger charge is 2.18. The molecule has 0 saturated carbocycles. The van der Waals surface area contributed by atoms with Crippen LogP contribution >= 0.6 is 11.8 Å². The van der Waals surface area contributed by atoms with Gasteiger partial charge in [0.05, 0.1) is 17.9 Å². The summed E-state index contributed by atoms with van der Waals surface area (Å²) in [6.07, 6.45) is 8.24. The van der Waals surface area contributed by atoms with Gasteiger partial charge in [-0.15, -0.1) is 0 Å². The Morgan fingerprint density at radius 1 is 1.03 bits per heavy atom. The van der Waals surface area contributed by atoms with E-state index in [2.05, 4.69) is 40.4 Å². The predicted octanol–water partition coefficient (Wildman–Crippen LogP) is 5.43. The Bertz CT molecular complexity index is 1160. The van der Waals surface area contributed by atoms with E-state index in [1.807, 2.05) is 48.2 Å². The summed E-state index contributed by atoms with van der Waals surface area (Å²) in [5.41, 5.74) is 11.1. The van der Waals surface area contributed by atoms with Gasteiger partial charge < -0.3 is 15.6 Å². The second-order valence-corrected chi connectivity index (χ2v) is 8.95. The van der Waals surface area contributed by atoms with Gasteiger partial charge in [0.1, 0.15) is 0 Å². The van der Waals surface area contributed by atoms with Gasteiger partial charge in [0.25, 0.3) is 0 Å². The molecule has 4 aromatic rings. The van der Waals surface area contributed by atoms with E-state index in [4.69, 9.17) is 5.73 Å². The number of hydrogen-bond acceptors (Lipinski definition) is 4. The van der Waals surface area contributed by atoms with E-state index in [9.17, 15) is 4.79 Å². The number of H-pyrrole nitrogens is 1. The maximum atomic E-state index is 13.1. The maximum Gasteiger partial charge on any atom is 0.228 e. The number of rotatable bonds is 10. The number of aryl methyl sites for hydroxylation is 1. The molecule has 0 unspecified atom stereocenters. The van der Waals surface area contributed by atoms with Crippen LogP contribution in [-0.4, -0.2) is 27.4 Å². The average molecular weight is 445 g/mol. The van der Waals surface area contributed by atoms with Crippen molar-refractivity contribution in [3.05, 3.63) is 90.4 Å². The van der Waals surface area contributed by atoms with Gasteiger partial charge in [0.15, 0.2) is 0 Å². The number of nitrogen functional groups attached to an aromatic ring is 1. The van der Waals surface area contributed by atoms with Crippen molar-refractivity contribution in [2.24, 2.45) is 0 Å². The summed E-state index contributed by atoms with van der Waals surface area (Å²) in [7, 11) is 0. The van der Waals surface area contributed by atoms with Crippen LogP contribution in [0.5, 0.6) is 0 Å². The number of fused-ring (bicyclic) bond motifs is 1. The normalized spacial score (nSPS) is 11.0. The highest BCUT2D eigenvalue weighted by molar-refractivity contribution is 7.99.